The van der Waals surface area contributed by atoms with Crippen LogP contribution < -0.4 is 10.6 Å². The summed E-state index contributed by atoms with van der Waals surface area (Å²) in [5.41, 5.74) is 3.08. The molecule has 206 valence electrons. The van der Waals surface area contributed by atoms with Crippen LogP contribution in [0.25, 0.3) is 0 Å². The van der Waals surface area contributed by atoms with Crippen molar-refractivity contribution in [2.75, 3.05) is 23.7 Å². The molecule has 1 aromatic carbocycles. The molecule has 0 atom stereocenters. The van der Waals surface area contributed by atoms with Gasteiger partial charge in [-0.15, -0.1) is 0 Å². The molecule has 4 heterocycles. The van der Waals surface area contributed by atoms with E-state index in [1.54, 1.807) is 6.07 Å². The molecule has 0 aliphatic carbocycles. The molecule has 0 amide bonds. The summed E-state index contributed by atoms with van der Waals surface area (Å²) >= 11 is 6.25. The number of H-pyrrole nitrogens is 1. The number of nitrogens with zero attached hydrogens (tertiary/aromatic N) is 6. The quantitative estimate of drug-likeness (QED) is 0.247. The number of benzene rings is 1. The van der Waals surface area contributed by atoms with Crippen molar-refractivity contribution in [3.8, 4) is 0 Å². The molecule has 0 unspecified atom stereocenters. The summed E-state index contributed by atoms with van der Waals surface area (Å²) in [5, 5.41) is 17.5. The highest BCUT2D eigenvalue weighted by molar-refractivity contribution is 6.32. The Bertz CT molecular complexity index is 1450. The molecule has 3 N–H and O–H groups in total. The Morgan fingerprint density at radius 1 is 1.13 bits per heavy atom. The molecule has 1 fully saturated rings. The predicted octanol–water partition coefficient (Wildman–Crippen LogP) is 6.16. The Labute approximate surface area is 231 Å². The van der Waals surface area contributed by atoms with Crippen molar-refractivity contribution in [2.45, 2.75) is 65.3 Å². The van der Waals surface area contributed by atoms with Gasteiger partial charge in [0, 0.05) is 17.2 Å². The lowest BCUT2D eigenvalue weighted by atomic mass is 9.86. The van der Waals surface area contributed by atoms with Crippen LogP contribution in [-0.2, 0) is 12.0 Å². The number of aryl methyl sites for hydroxylation is 2. The van der Waals surface area contributed by atoms with Crippen LogP contribution in [0.4, 0.5) is 27.7 Å². The van der Waals surface area contributed by atoms with Gasteiger partial charge < -0.3 is 15.2 Å². The minimum absolute atomic E-state index is 0.168. The average molecular weight is 554 g/mol. The highest BCUT2D eigenvalue weighted by atomic mass is 35.5. The Balaban J connectivity index is 1.22. The summed E-state index contributed by atoms with van der Waals surface area (Å²) in [7, 11) is 0. The topological polar surface area (TPSA) is 121 Å². The van der Waals surface area contributed by atoms with E-state index in [1.165, 1.54) is 6.20 Å². The van der Waals surface area contributed by atoms with Gasteiger partial charge in [0.1, 0.15) is 10.8 Å². The van der Waals surface area contributed by atoms with E-state index >= 15 is 4.39 Å². The largest absolute Gasteiger partial charge is 0.339 e. The molecule has 1 saturated heterocycles. The van der Waals surface area contributed by atoms with Crippen LogP contribution in [0.5, 0.6) is 0 Å². The van der Waals surface area contributed by atoms with Gasteiger partial charge in [-0.25, -0.2) is 9.37 Å². The summed E-state index contributed by atoms with van der Waals surface area (Å²) in [5.74, 6) is 2.45. The number of aromatic nitrogens is 6. The molecule has 3 aromatic heterocycles. The Morgan fingerprint density at radius 2 is 1.90 bits per heavy atom. The Kier molecular flexibility index (Phi) is 7.55. The fraction of sp³-hybridized carbons (Fsp3) is 0.444. The lowest BCUT2D eigenvalue weighted by Gasteiger charge is -2.32. The van der Waals surface area contributed by atoms with Crippen molar-refractivity contribution in [1.82, 2.24) is 35.2 Å². The van der Waals surface area contributed by atoms with Gasteiger partial charge in [-0.1, -0.05) is 37.5 Å². The van der Waals surface area contributed by atoms with Crippen molar-refractivity contribution in [2.24, 2.45) is 0 Å². The van der Waals surface area contributed by atoms with Crippen LogP contribution in [0, 0.1) is 19.7 Å². The summed E-state index contributed by atoms with van der Waals surface area (Å²) < 4.78 is 20.7. The van der Waals surface area contributed by atoms with Gasteiger partial charge in [0.05, 0.1) is 18.4 Å². The molecule has 4 aromatic rings. The molecular weight excluding hydrogens is 521 g/mol. The minimum atomic E-state index is -0.351. The smallest absolute Gasteiger partial charge is 0.232 e. The standard InChI is InChI=1S/C27H33ClFN9O/c1-15-10-21(31-26-30-13-19(28)24(34-26)32-22-11-16(2)35-36-22)20(29)12-18(15)17-6-8-38(9-7-17)14-23-33-25(39-37-23)27(3,4)5/h10-13,17H,6-9,14H2,1-5H3,(H3,30,31,32,34,35,36). The number of likely N-dealkylation sites (tertiary alicyclic amines) is 1. The zero-order valence-electron chi connectivity index (χ0n) is 22.8. The fourth-order valence-corrected chi connectivity index (χ4v) is 4.83. The Hall–Kier alpha value is -3.57. The number of hydrogen-bond donors (Lipinski definition) is 3. The minimum Gasteiger partial charge on any atom is -0.339 e. The molecule has 5 rings (SSSR count). The molecule has 0 saturated carbocycles. The number of hydrogen-bond acceptors (Lipinski definition) is 9. The van der Waals surface area contributed by atoms with Gasteiger partial charge in [0.2, 0.25) is 11.8 Å². The lowest BCUT2D eigenvalue weighted by molar-refractivity contribution is 0.197. The second-order valence-corrected chi connectivity index (χ2v) is 11.5. The maximum atomic E-state index is 15.3. The van der Waals surface area contributed by atoms with Crippen LogP contribution in [0.3, 0.4) is 0 Å². The number of aromatic amines is 1. The predicted molar refractivity (Wildman–Crippen MR) is 148 cm³/mol. The maximum Gasteiger partial charge on any atom is 0.232 e. The molecular formula is C27H33ClFN9O. The van der Waals surface area contributed by atoms with Crippen LogP contribution in [0.2, 0.25) is 5.02 Å². The molecule has 1 aliphatic heterocycles. The summed E-state index contributed by atoms with van der Waals surface area (Å²) in [6.07, 6.45) is 3.32. The summed E-state index contributed by atoms with van der Waals surface area (Å²) in [6, 6.07) is 5.27. The van der Waals surface area contributed by atoms with E-state index in [4.69, 9.17) is 16.1 Å². The maximum absolute atomic E-state index is 15.3. The summed E-state index contributed by atoms with van der Waals surface area (Å²) in [6.45, 7) is 12.5. The third-order valence-electron chi connectivity index (χ3n) is 6.80. The van der Waals surface area contributed by atoms with E-state index in [9.17, 15) is 0 Å². The van der Waals surface area contributed by atoms with Gasteiger partial charge in [-0.2, -0.15) is 15.1 Å². The van der Waals surface area contributed by atoms with Crippen LogP contribution in [-0.4, -0.2) is 48.3 Å². The van der Waals surface area contributed by atoms with E-state index in [1.807, 2.05) is 26.0 Å². The van der Waals surface area contributed by atoms with Crippen molar-refractivity contribution >= 4 is 34.9 Å². The molecule has 0 radical (unpaired) electrons. The van der Waals surface area contributed by atoms with Crippen LogP contribution in [0.1, 0.15) is 68.1 Å². The SMILES string of the molecule is Cc1cc(Nc2nc(Nc3cc(C)c(C4CCN(Cc5noc(C(C)(C)C)n5)CC4)cc3F)ncc2Cl)n[nH]1. The van der Waals surface area contributed by atoms with E-state index in [0.717, 1.165) is 42.8 Å². The van der Waals surface area contributed by atoms with Crippen LogP contribution in [0.15, 0.2) is 28.9 Å². The first kappa shape index (κ1) is 27.0. The zero-order chi connectivity index (χ0) is 27.7. The van der Waals surface area contributed by atoms with Crippen molar-refractivity contribution < 1.29 is 8.91 Å². The number of halogens is 2. The monoisotopic (exact) mass is 553 g/mol. The molecule has 0 spiro atoms. The van der Waals surface area contributed by atoms with Gasteiger partial charge in [-0.3, -0.25) is 10.00 Å². The third kappa shape index (κ3) is 6.36. The zero-order valence-corrected chi connectivity index (χ0v) is 23.5. The second-order valence-electron chi connectivity index (χ2n) is 11.1. The van der Waals surface area contributed by atoms with Crippen molar-refractivity contribution in [3.05, 3.63) is 63.8 Å². The highest BCUT2D eigenvalue weighted by Crippen LogP contribution is 2.34. The number of anilines is 4. The fourth-order valence-electron chi connectivity index (χ4n) is 4.70. The van der Waals surface area contributed by atoms with Crippen molar-refractivity contribution in [1.29, 1.82) is 0 Å². The Morgan fingerprint density at radius 3 is 2.56 bits per heavy atom. The highest BCUT2D eigenvalue weighted by Gasteiger charge is 2.26. The van der Waals surface area contributed by atoms with E-state index in [2.05, 4.69) is 66.6 Å². The number of rotatable bonds is 7. The molecule has 0 bridgehead atoms. The summed E-state index contributed by atoms with van der Waals surface area (Å²) in [4.78, 5) is 15.5. The molecule has 10 nitrogen and oxygen atoms in total. The van der Waals surface area contributed by atoms with Gasteiger partial charge in [-0.05, 0) is 69.0 Å². The van der Waals surface area contributed by atoms with E-state index in [-0.39, 0.29) is 23.1 Å². The van der Waals surface area contributed by atoms with E-state index in [0.29, 0.717) is 40.6 Å². The third-order valence-corrected chi connectivity index (χ3v) is 7.08. The molecule has 12 heteroatoms. The van der Waals surface area contributed by atoms with Crippen molar-refractivity contribution in [3.63, 3.8) is 0 Å². The van der Waals surface area contributed by atoms with Gasteiger partial charge >= 0.3 is 0 Å². The van der Waals surface area contributed by atoms with Gasteiger partial charge in [0.25, 0.3) is 0 Å². The second kappa shape index (κ2) is 10.9. The number of piperidine rings is 1. The first-order valence-corrected chi connectivity index (χ1v) is 13.4. The van der Waals surface area contributed by atoms with E-state index < -0.39 is 0 Å². The first-order chi connectivity index (χ1) is 18.5. The van der Waals surface area contributed by atoms with Gasteiger partial charge in [0.15, 0.2) is 17.5 Å². The van der Waals surface area contributed by atoms with Crippen LogP contribution >= 0.6 is 11.6 Å². The average Bonchev–Trinajstić information content (AvgIpc) is 3.53. The number of nitrogens with one attached hydrogen (secondary N) is 3. The first-order valence-electron chi connectivity index (χ1n) is 13.0. The molecule has 39 heavy (non-hydrogen) atoms. The molecule has 1 aliphatic rings. The lowest BCUT2D eigenvalue weighted by Crippen LogP contribution is -2.33. The normalized spacial score (nSPS) is 15.1.